The maximum Gasteiger partial charge on any atom is 0.162 e. The highest BCUT2D eigenvalue weighted by molar-refractivity contribution is 6.14. The fourth-order valence-corrected chi connectivity index (χ4v) is 4.47. The molecule has 0 aliphatic heterocycles. The second-order valence-corrected chi connectivity index (χ2v) is 8.51. The monoisotopic (exact) mass is 463 g/mol. The summed E-state index contributed by atoms with van der Waals surface area (Å²) >= 11 is 0. The first-order valence-corrected chi connectivity index (χ1v) is 11.3. The third-order valence-corrected chi connectivity index (χ3v) is 6.51. The summed E-state index contributed by atoms with van der Waals surface area (Å²) in [5.41, 5.74) is 7.58. The average molecular weight is 464 g/mol. The van der Waals surface area contributed by atoms with E-state index in [0.717, 1.165) is 49.8 Å². The van der Waals surface area contributed by atoms with Crippen LogP contribution >= 0.6 is 0 Å². The summed E-state index contributed by atoms with van der Waals surface area (Å²) in [6.07, 6.45) is 1.89. The van der Waals surface area contributed by atoms with E-state index >= 15 is 0 Å². The SMILES string of the molecule is COc1cc2ncc3c(c(-c4ccc(C#N)cc4)c(C)n3C)c2cc1OCc1ccc(CO)cc1. The number of nitrogens with zero attached hydrogens (tertiary/aromatic N) is 3. The molecule has 5 aromatic rings. The number of aliphatic hydroxyl groups is 1. The molecule has 0 saturated heterocycles. The quantitative estimate of drug-likeness (QED) is 0.352. The summed E-state index contributed by atoms with van der Waals surface area (Å²) in [4.78, 5) is 4.71. The predicted octanol–water partition coefficient (Wildman–Crippen LogP) is 5.65. The molecule has 0 unspecified atom stereocenters. The Morgan fingerprint density at radius 1 is 1.00 bits per heavy atom. The summed E-state index contributed by atoms with van der Waals surface area (Å²) in [7, 11) is 3.66. The van der Waals surface area contributed by atoms with E-state index in [1.54, 1.807) is 7.11 Å². The van der Waals surface area contributed by atoms with Gasteiger partial charge < -0.3 is 19.1 Å². The van der Waals surface area contributed by atoms with Crippen LogP contribution in [0.1, 0.15) is 22.4 Å². The van der Waals surface area contributed by atoms with E-state index in [9.17, 15) is 10.4 Å². The number of rotatable bonds is 6. The van der Waals surface area contributed by atoms with Gasteiger partial charge in [0.1, 0.15) is 6.61 Å². The molecule has 35 heavy (non-hydrogen) atoms. The van der Waals surface area contributed by atoms with Gasteiger partial charge in [0.05, 0.1) is 42.6 Å². The zero-order chi connectivity index (χ0) is 24.5. The molecule has 0 bridgehead atoms. The van der Waals surface area contributed by atoms with Crippen molar-refractivity contribution in [2.45, 2.75) is 20.1 Å². The first-order chi connectivity index (χ1) is 17.0. The van der Waals surface area contributed by atoms with Crippen LogP contribution in [0.25, 0.3) is 32.9 Å². The molecule has 0 saturated carbocycles. The number of hydrogen-bond acceptors (Lipinski definition) is 5. The van der Waals surface area contributed by atoms with Gasteiger partial charge in [-0.15, -0.1) is 0 Å². The normalized spacial score (nSPS) is 11.1. The number of benzene rings is 3. The van der Waals surface area contributed by atoms with E-state index in [1.807, 2.05) is 73.9 Å². The van der Waals surface area contributed by atoms with Gasteiger partial charge in [-0.25, -0.2) is 0 Å². The van der Waals surface area contributed by atoms with Gasteiger partial charge in [-0.1, -0.05) is 36.4 Å². The molecule has 0 atom stereocenters. The van der Waals surface area contributed by atoms with Crippen molar-refractivity contribution in [3.63, 3.8) is 0 Å². The number of aryl methyl sites for hydroxylation is 1. The Labute approximate surface area is 203 Å². The molecule has 0 amide bonds. The molecular formula is C29H25N3O3. The number of methoxy groups -OCH3 is 1. The van der Waals surface area contributed by atoms with Gasteiger partial charge >= 0.3 is 0 Å². The topological polar surface area (TPSA) is 80.3 Å². The Hall–Kier alpha value is -4.34. The number of aromatic nitrogens is 2. The minimum Gasteiger partial charge on any atom is -0.493 e. The maximum absolute atomic E-state index is 9.27. The fraction of sp³-hybridized carbons (Fsp3) is 0.172. The Morgan fingerprint density at radius 3 is 2.37 bits per heavy atom. The smallest absolute Gasteiger partial charge is 0.162 e. The Kier molecular flexibility index (Phi) is 5.86. The van der Waals surface area contributed by atoms with E-state index in [-0.39, 0.29) is 6.61 Å². The van der Waals surface area contributed by atoms with E-state index in [2.05, 4.69) is 17.6 Å². The standard InChI is InChI=1S/C29H25N3O3/c1-18-28(22-10-8-19(14-30)9-11-22)29-23-12-27(35-17-21-6-4-20(16-33)5-7-21)26(34-3)13-24(23)31-15-25(29)32(18)2/h4-13,15,33H,16-17H2,1-3H3. The minimum absolute atomic E-state index is 0.0146. The molecule has 174 valence electrons. The highest BCUT2D eigenvalue weighted by atomic mass is 16.5. The van der Waals surface area contributed by atoms with Crippen LogP contribution in [0.15, 0.2) is 66.9 Å². The lowest BCUT2D eigenvalue weighted by Gasteiger charge is -2.13. The molecule has 0 radical (unpaired) electrons. The lowest BCUT2D eigenvalue weighted by atomic mass is 9.98. The van der Waals surface area contributed by atoms with Crippen molar-refractivity contribution in [2.24, 2.45) is 7.05 Å². The van der Waals surface area contributed by atoms with Crippen molar-refractivity contribution >= 4 is 21.8 Å². The van der Waals surface area contributed by atoms with Gasteiger partial charge in [0.25, 0.3) is 0 Å². The molecule has 0 aliphatic rings. The van der Waals surface area contributed by atoms with Crippen molar-refractivity contribution in [3.8, 4) is 28.7 Å². The first-order valence-electron chi connectivity index (χ1n) is 11.3. The van der Waals surface area contributed by atoms with Crippen molar-refractivity contribution in [2.75, 3.05) is 7.11 Å². The van der Waals surface area contributed by atoms with Crippen LogP contribution in [0.5, 0.6) is 11.5 Å². The van der Waals surface area contributed by atoms with Gasteiger partial charge in [0, 0.05) is 35.1 Å². The second-order valence-electron chi connectivity index (χ2n) is 8.51. The van der Waals surface area contributed by atoms with Crippen molar-refractivity contribution < 1.29 is 14.6 Å². The van der Waals surface area contributed by atoms with Crippen LogP contribution in [0.3, 0.4) is 0 Å². The fourth-order valence-electron chi connectivity index (χ4n) is 4.47. The van der Waals surface area contributed by atoms with Crippen LogP contribution in [-0.2, 0) is 20.3 Å². The van der Waals surface area contributed by atoms with Crippen molar-refractivity contribution in [3.05, 3.63) is 89.2 Å². The van der Waals surface area contributed by atoms with E-state index in [1.165, 1.54) is 0 Å². The van der Waals surface area contributed by atoms with Crippen LogP contribution < -0.4 is 9.47 Å². The molecule has 6 heteroatoms. The molecule has 0 fully saturated rings. The summed E-state index contributed by atoms with van der Waals surface area (Å²) in [5, 5.41) is 20.5. The van der Waals surface area contributed by atoms with E-state index < -0.39 is 0 Å². The largest absolute Gasteiger partial charge is 0.493 e. The molecule has 2 heterocycles. The summed E-state index contributed by atoms with van der Waals surface area (Å²) in [6, 6.07) is 21.4. The average Bonchev–Trinajstić information content (AvgIpc) is 3.17. The molecule has 5 rings (SSSR count). The Balaban J connectivity index is 1.65. The van der Waals surface area contributed by atoms with Gasteiger partial charge in [0.2, 0.25) is 0 Å². The molecule has 1 N–H and O–H groups in total. The number of hydrogen-bond donors (Lipinski definition) is 1. The van der Waals surface area contributed by atoms with Gasteiger partial charge in [0.15, 0.2) is 11.5 Å². The predicted molar refractivity (Wildman–Crippen MR) is 136 cm³/mol. The first kappa shape index (κ1) is 22.5. The van der Waals surface area contributed by atoms with E-state index in [4.69, 9.17) is 14.5 Å². The molecule has 0 spiro atoms. The Morgan fingerprint density at radius 2 is 1.71 bits per heavy atom. The van der Waals surface area contributed by atoms with Crippen molar-refractivity contribution in [1.29, 1.82) is 5.26 Å². The number of fused-ring (bicyclic) bond motifs is 3. The molecule has 6 nitrogen and oxygen atoms in total. The summed E-state index contributed by atoms with van der Waals surface area (Å²) in [5.74, 6) is 1.25. The minimum atomic E-state index is 0.0146. The van der Waals surface area contributed by atoms with Crippen LogP contribution in [0.2, 0.25) is 0 Å². The molecule has 2 aromatic heterocycles. The van der Waals surface area contributed by atoms with Gasteiger partial charge in [-0.2, -0.15) is 5.26 Å². The lowest BCUT2D eigenvalue weighted by Crippen LogP contribution is -1.99. The number of pyridine rings is 1. The van der Waals surface area contributed by atoms with Gasteiger partial charge in [-0.3, -0.25) is 4.98 Å². The number of nitriles is 1. The zero-order valence-electron chi connectivity index (χ0n) is 19.9. The molecular weight excluding hydrogens is 438 g/mol. The maximum atomic E-state index is 9.27. The van der Waals surface area contributed by atoms with Crippen molar-refractivity contribution in [1.82, 2.24) is 9.55 Å². The van der Waals surface area contributed by atoms with Crippen LogP contribution in [-0.4, -0.2) is 21.8 Å². The Bertz CT molecular complexity index is 1580. The summed E-state index contributed by atoms with van der Waals surface area (Å²) in [6.45, 7) is 2.48. The lowest BCUT2D eigenvalue weighted by molar-refractivity contribution is 0.280. The molecule has 0 aliphatic carbocycles. The third kappa shape index (κ3) is 3.96. The highest BCUT2D eigenvalue weighted by Crippen LogP contribution is 2.41. The zero-order valence-corrected chi connectivity index (χ0v) is 19.9. The second kappa shape index (κ2) is 9.13. The third-order valence-electron chi connectivity index (χ3n) is 6.51. The van der Waals surface area contributed by atoms with Crippen LogP contribution in [0.4, 0.5) is 0 Å². The van der Waals surface area contributed by atoms with E-state index in [0.29, 0.717) is 23.7 Å². The van der Waals surface area contributed by atoms with Crippen LogP contribution in [0, 0.1) is 18.3 Å². The summed E-state index contributed by atoms with van der Waals surface area (Å²) < 4.78 is 14.0. The number of ether oxygens (including phenoxy) is 2. The highest BCUT2D eigenvalue weighted by Gasteiger charge is 2.19. The molecule has 3 aromatic carbocycles. The number of aliphatic hydroxyl groups excluding tert-OH is 1. The van der Waals surface area contributed by atoms with Gasteiger partial charge in [-0.05, 0) is 41.8 Å².